The summed E-state index contributed by atoms with van der Waals surface area (Å²) in [5, 5.41) is 3.58. The van der Waals surface area contributed by atoms with Gasteiger partial charge in [-0.2, -0.15) is 0 Å². The average molecular weight is 352 g/mol. The molecule has 0 bridgehead atoms. The summed E-state index contributed by atoms with van der Waals surface area (Å²) in [6.07, 6.45) is 3.32. The van der Waals surface area contributed by atoms with Crippen LogP contribution in [0.1, 0.15) is 41.7 Å². The van der Waals surface area contributed by atoms with Crippen molar-refractivity contribution in [3.63, 3.8) is 0 Å². The summed E-state index contributed by atoms with van der Waals surface area (Å²) in [6.45, 7) is 8.30. The van der Waals surface area contributed by atoms with E-state index in [2.05, 4.69) is 41.0 Å². The van der Waals surface area contributed by atoms with E-state index in [1.54, 1.807) is 18.5 Å². The molecular weight excluding hydrogens is 332 g/mol. The second-order valence-corrected chi connectivity index (χ2v) is 7.79. The van der Waals surface area contributed by atoms with E-state index in [0.717, 1.165) is 5.69 Å². The molecule has 0 saturated carbocycles. The molecule has 0 atom stereocenters. The molecule has 0 unspecified atom stereocenters. The third kappa shape index (κ3) is 3.91. The topological polar surface area (TPSA) is 67.8 Å². The first-order valence-corrected chi connectivity index (χ1v) is 8.83. The molecule has 0 saturated heterocycles. The lowest BCUT2D eigenvalue weighted by molar-refractivity contribution is 0.103. The van der Waals surface area contributed by atoms with Gasteiger partial charge in [-0.05, 0) is 36.1 Å². The lowest BCUT2D eigenvalue weighted by Crippen LogP contribution is -2.13. The number of benzene rings is 1. The number of anilines is 1. The Labute approximate surface area is 151 Å². The van der Waals surface area contributed by atoms with Gasteiger partial charge in [0.25, 0.3) is 5.91 Å². The third-order valence-electron chi connectivity index (χ3n) is 3.77. The highest BCUT2D eigenvalue weighted by Gasteiger charge is 2.18. The Morgan fingerprint density at radius 3 is 2.32 bits per heavy atom. The number of carbonyl (C=O) groups excluding carboxylic acids is 1. The molecule has 0 aliphatic rings. The Balaban J connectivity index is 1.79. The summed E-state index contributed by atoms with van der Waals surface area (Å²) in [6, 6.07) is 9.68. The summed E-state index contributed by atoms with van der Waals surface area (Å²) < 4.78 is 0. The molecule has 128 valence electrons. The first-order valence-electron chi connectivity index (χ1n) is 8.01. The highest BCUT2D eigenvalue weighted by molar-refractivity contribution is 7.17. The van der Waals surface area contributed by atoms with Gasteiger partial charge in [0.15, 0.2) is 10.8 Å². The van der Waals surface area contributed by atoms with Crippen molar-refractivity contribution in [2.45, 2.75) is 33.1 Å². The van der Waals surface area contributed by atoms with Crippen LogP contribution >= 0.6 is 11.3 Å². The van der Waals surface area contributed by atoms with E-state index in [9.17, 15) is 4.79 Å². The Morgan fingerprint density at radius 2 is 1.72 bits per heavy atom. The van der Waals surface area contributed by atoms with Gasteiger partial charge in [-0.1, -0.05) is 32.9 Å². The van der Waals surface area contributed by atoms with Crippen LogP contribution in [0.2, 0.25) is 0 Å². The quantitative estimate of drug-likeness (QED) is 0.756. The second kappa shape index (κ2) is 6.72. The van der Waals surface area contributed by atoms with Gasteiger partial charge in [0.05, 0.1) is 5.69 Å². The summed E-state index contributed by atoms with van der Waals surface area (Å²) in [7, 11) is 0. The lowest BCUT2D eigenvalue weighted by Gasteiger charge is -2.19. The predicted octanol–water partition coefficient (Wildman–Crippen LogP) is 4.46. The number of amides is 1. The maximum Gasteiger partial charge on any atom is 0.267 e. The van der Waals surface area contributed by atoms with Crippen molar-refractivity contribution in [2.75, 3.05) is 5.32 Å². The van der Waals surface area contributed by atoms with Crippen LogP contribution in [0.5, 0.6) is 0 Å². The summed E-state index contributed by atoms with van der Waals surface area (Å²) in [5.74, 6) is 0.366. The standard InChI is InChI=1S/C19H20N4OS/c1-12-15(25-18(22-12)16-20-10-5-11-21-16)17(24)23-14-8-6-13(7-9-14)19(2,3)4/h5-11H,1-4H3,(H,23,24). The molecule has 25 heavy (non-hydrogen) atoms. The zero-order chi connectivity index (χ0) is 18.0. The molecule has 0 aliphatic carbocycles. The van der Waals surface area contributed by atoms with Gasteiger partial charge >= 0.3 is 0 Å². The van der Waals surface area contributed by atoms with Gasteiger partial charge in [-0.15, -0.1) is 11.3 Å². The summed E-state index contributed by atoms with van der Waals surface area (Å²) in [5.41, 5.74) is 2.75. The molecule has 2 heterocycles. The van der Waals surface area contributed by atoms with Gasteiger partial charge in [-0.3, -0.25) is 4.79 Å². The SMILES string of the molecule is Cc1nc(-c2ncccn2)sc1C(=O)Nc1ccc(C(C)(C)C)cc1. The molecule has 3 aromatic rings. The molecule has 5 nitrogen and oxygen atoms in total. The fourth-order valence-electron chi connectivity index (χ4n) is 2.35. The Bertz CT molecular complexity index is 880. The maximum absolute atomic E-state index is 12.6. The average Bonchev–Trinajstić information content (AvgIpc) is 2.97. The van der Waals surface area contributed by atoms with Crippen LogP contribution in [0.15, 0.2) is 42.7 Å². The number of aryl methyl sites for hydroxylation is 1. The number of aromatic nitrogens is 3. The normalized spacial score (nSPS) is 11.4. The number of hydrogen-bond acceptors (Lipinski definition) is 5. The number of nitrogens with zero attached hydrogens (tertiary/aromatic N) is 3. The fourth-order valence-corrected chi connectivity index (χ4v) is 3.26. The van der Waals surface area contributed by atoms with Gasteiger partial charge in [-0.25, -0.2) is 15.0 Å². The van der Waals surface area contributed by atoms with Gasteiger partial charge in [0.2, 0.25) is 0 Å². The molecule has 3 rings (SSSR count). The molecule has 1 N–H and O–H groups in total. The Kier molecular flexibility index (Phi) is 4.63. The van der Waals surface area contributed by atoms with Crippen LogP contribution in [-0.4, -0.2) is 20.9 Å². The Morgan fingerprint density at radius 1 is 1.08 bits per heavy atom. The number of rotatable bonds is 3. The molecule has 6 heteroatoms. The van der Waals surface area contributed by atoms with Crippen molar-refractivity contribution in [2.24, 2.45) is 0 Å². The van der Waals surface area contributed by atoms with E-state index in [1.165, 1.54) is 16.9 Å². The molecule has 1 aromatic carbocycles. The maximum atomic E-state index is 12.6. The van der Waals surface area contributed by atoms with Crippen LogP contribution < -0.4 is 5.32 Å². The smallest absolute Gasteiger partial charge is 0.267 e. The van der Waals surface area contributed by atoms with Crippen molar-refractivity contribution in [1.82, 2.24) is 15.0 Å². The molecule has 0 spiro atoms. The van der Waals surface area contributed by atoms with Crippen molar-refractivity contribution < 1.29 is 4.79 Å². The van der Waals surface area contributed by atoms with E-state index in [-0.39, 0.29) is 11.3 Å². The number of thiazole rings is 1. The first kappa shape index (κ1) is 17.2. The van der Waals surface area contributed by atoms with Crippen LogP contribution in [0.4, 0.5) is 5.69 Å². The fraction of sp³-hybridized carbons (Fsp3) is 0.263. The minimum absolute atomic E-state index is 0.0847. The lowest BCUT2D eigenvalue weighted by atomic mass is 9.87. The minimum Gasteiger partial charge on any atom is -0.321 e. The van der Waals surface area contributed by atoms with E-state index in [0.29, 0.717) is 21.4 Å². The largest absolute Gasteiger partial charge is 0.321 e. The van der Waals surface area contributed by atoms with Crippen molar-refractivity contribution in [3.8, 4) is 10.8 Å². The number of hydrogen-bond donors (Lipinski definition) is 1. The highest BCUT2D eigenvalue weighted by atomic mass is 32.1. The van der Waals surface area contributed by atoms with Crippen molar-refractivity contribution >= 4 is 22.9 Å². The van der Waals surface area contributed by atoms with E-state index in [4.69, 9.17) is 0 Å². The predicted molar refractivity (Wildman–Crippen MR) is 101 cm³/mol. The molecular formula is C19H20N4OS. The summed E-state index contributed by atoms with van der Waals surface area (Å²) >= 11 is 1.30. The minimum atomic E-state index is -0.166. The third-order valence-corrected chi connectivity index (χ3v) is 4.92. The second-order valence-electron chi connectivity index (χ2n) is 6.79. The van der Waals surface area contributed by atoms with Gasteiger partial charge in [0, 0.05) is 18.1 Å². The van der Waals surface area contributed by atoms with Crippen LogP contribution in [-0.2, 0) is 5.41 Å². The molecule has 0 fully saturated rings. The van der Waals surface area contributed by atoms with Crippen molar-refractivity contribution in [3.05, 3.63) is 58.9 Å². The zero-order valence-corrected chi connectivity index (χ0v) is 15.5. The van der Waals surface area contributed by atoms with Crippen LogP contribution in [0, 0.1) is 6.92 Å². The summed E-state index contributed by atoms with van der Waals surface area (Å²) in [4.78, 5) is 25.9. The highest BCUT2D eigenvalue weighted by Crippen LogP contribution is 2.27. The van der Waals surface area contributed by atoms with Crippen molar-refractivity contribution in [1.29, 1.82) is 0 Å². The number of nitrogens with one attached hydrogen (secondary N) is 1. The monoisotopic (exact) mass is 352 g/mol. The number of carbonyl (C=O) groups is 1. The molecule has 0 radical (unpaired) electrons. The van der Waals surface area contributed by atoms with E-state index < -0.39 is 0 Å². The van der Waals surface area contributed by atoms with Gasteiger partial charge < -0.3 is 5.32 Å². The Hall–Kier alpha value is -2.60. The van der Waals surface area contributed by atoms with Crippen LogP contribution in [0.25, 0.3) is 10.8 Å². The molecule has 1 amide bonds. The molecule has 2 aromatic heterocycles. The van der Waals surface area contributed by atoms with Crippen LogP contribution in [0.3, 0.4) is 0 Å². The van der Waals surface area contributed by atoms with E-state index in [1.807, 2.05) is 31.2 Å². The zero-order valence-electron chi connectivity index (χ0n) is 14.7. The van der Waals surface area contributed by atoms with E-state index >= 15 is 0 Å². The first-order chi connectivity index (χ1) is 11.8. The van der Waals surface area contributed by atoms with Gasteiger partial charge in [0.1, 0.15) is 4.88 Å². The molecule has 0 aliphatic heterocycles.